The van der Waals surface area contributed by atoms with Crippen LogP contribution >= 0.6 is 27.3 Å². The fraction of sp³-hybridized carbons (Fsp3) is 0.400. The molecule has 0 saturated heterocycles. The van der Waals surface area contributed by atoms with Gasteiger partial charge in [-0.15, -0.1) is 11.3 Å². The lowest BCUT2D eigenvalue weighted by atomic mass is 10.3. The zero-order chi connectivity index (χ0) is 8.10. The number of hydrogen-bond acceptors (Lipinski definition) is 3. The maximum Gasteiger partial charge on any atom is 0.159 e. The minimum absolute atomic E-state index is 0.479. The Morgan fingerprint density at radius 1 is 1.82 bits per heavy atom. The average molecular weight is 233 g/mol. The maximum atomic E-state index is 7.98. The lowest BCUT2D eigenvalue weighted by Gasteiger charge is -1.86. The fourth-order valence-electron chi connectivity index (χ4n) is 0.606. The quantitative estimate of drug-likeness (QED) is 0.449. The van der Waals surface area contributed by atoms with E-state index < -0.39 is 0 Å². The van der Waals surface area contributed by atoms with Crippen LogP contribution in [0.3, 0.4) is 0 Å². The van der Waals surface area contributed by atoms with Gasteiger partial charge < -0.3 is 0 Å². The Kier molecular flexibility index (Phi) is 3.35. The highest BCUT2D eigenvalue weighted by molar-refractivity contribution is 9.11. The minimum Gasteiger partial charge on any atom is -0.234 e. The molecule has 0 N–H and O–H groups in total. The molecule has 0 radical (unpaired) electrons. The zero-order valence-electron chi connectivity index (χ0n) is 5.57. The van der Waals surface area contributed by atoms with Gasteiger partial charge in [0.1, 0.15) is 0 Å². The van der Waals surface area contributed by atoms with Crippen molar-refractivity contribution in [2.45, 2.75) is 6.42 Å². The monoisotopic (exact) mass is 232 g/mol. The molecule has 11 heavy (non-hydrogen) atoms. The van der Waals surface area contributed by atoms with Gasteiger partial charge in [0.05, 0.1) is 5.69 Å². The van der Waals surface area contributed by atoms with Crippen molar-refractivity contribution in [1.29, 1.82) is 0 Å². The van der Waals surface area contributed by atoms with Crippen molar-refractivity contribution in [3.63, 3.8) is 0 Å². The Morgan fingerprint density at radius 3 is 3.18 bits per heavy atom. The first kappa shape index (κ1) is 8.52. The highest BCUT2D eigenvalue weighted by atomic mass is 79.9. The second-order valence-electron chi connectivity index (χ2n) is 1.80. The molecule has 0 bridgehead atoms. The summed E-state index contributed by atoms with van der Waals surface area (Å²) in [7, 11) is 0. The number of aromatic nitrogens is 1. The van der Waals surface area contributed by atoms with Crippen molar-refractivity contribution in [3.05, 3.63) is 25.4 Å². The van der Waals surface area contributed by atoms with Gasteiger partial charge in [-0.1, -0.05) is 5.11 Å². The molecule has 0 aliphatic heterocycles. The summed E-state index contributed by atoms with van der Waals surface area (Å²) in [5.74, 6) is 0. The summed E-state index contributed by atoms with van der Waals surface area (Å²) in [6.07, 6.45) is 0.714. The van der Waals surface area contributed by atoms with Crippen molar-refractivity contribution in [2.24, 2.45) is 5.11 Å². The van der Waals surface area contributed by atoms with Gasteiger partial charge in [-0.25, -0.2) is 4.98 Å². The fourth-order valence-corrected chi connectivity index (χ4v) is 1.69. The van der Waals surface area contributed by atoms with E-state index in [0.29, 0.717) is 13.0 Å². The molecule has 0 atom stereocenters. The van der Waals surface area contributed by atoms with Gasteiger partial charge in [0.15, 0.2) is 3.92 Å². The predicted molar refractivity (Wildman–Crippen MR) is 47.5 cm³/mol. The first-order valence-corrected chi connectivity index (χ1v) is 4.61. The van der Waals surface area contributed by atoms with Crippen LogP contribution in [0.1, 0.15) is 5.69 Å². The van der Waals surface area contributed by atoms with E-state index in [0.717, 1.165) is 9.61 Å². The van der Waals surface area contributed by atoms with Crippen molar-refractivity contribution in [1.82, 2.24) is 4.98 Å². The third-order valence-corrected chi connectivity index (χ3v) is 2.47. The summed E-state index contributed by atoms with van der Waals surface area (Å²) >= 11 is 4.78. The molecular weight excluding hydrogens is 228 g/mol. The SMILES string of the molecule is [N-]=[N+]=NCCc1csc(Br)n1. The summed E-state index contributed by atoms with van der Waals surface area (Å²) in [6, 6.07) is 0. The molecule has 0 spiro atoms. The van der Waals surface area contributed by atoms with Crippen LogP contribution in [0.5, 0.6) is 0 Å². The van der Waals surface area contributed by atoms with Gasteiger partial charge in [0.2, 0.25) is 0 Å². The normalized spacial score (nSPS) is 9.18. The van der Waals surface area contributed by atoms with Crippen molar-refractivity contribution < 1.29 is 0 Å². The summed E-state index contributed by atoms with van der Waals surface area (Å²) in [5.41, 5.74) is 8.95. The van der Waals surface area contributed by atoms with E-state index in [1.54, 1.807) is 0 Å². The summed E-state index contributed by atoms with van der Waals surface area (Å²) in [6.45, 7) is 0.479. The molecular formula is C5H5BrN4S. The lowest BCUT2D eigenvalue weighted by Crippen LogP contribution is -1.87. The number of nitrogens with zero attached hydrogens (tertiary/aromatic N) is 4. The van der Waals surface area contributed by atoms with Crippen LogP contribution in [0.25, 0.3) is 10.4 Å². The smallest absolute Gasteiger partial charge is 0.159 e. The lowest BCUT2D eigenvalue weighted by molar-refractivity contribution is 0.922. The molecule has 6 heteroatoms. The van der Waals surface area contributed by atoms with E-state index >= 15 is 0 Å². The minimum atomic E-state index is 0.479. The van der Waals surface area contributed by atoms with E-state index in [1.807, 2.05) is 5.38 Å². The maximum absolute atomic E-state index is 7.98. The Morgan fingerprint density at radius 2 is 2.64 bits per heavy atom. The van der Waals surface area contributed by atoms with E-state index in [4.69, 9.17) is 5.53 Å². The first-order chi connectivity index (χ1) is 5.33. The number of hydrogen-bond donors (Lipinski definition) is 0. The molecule has 1 aromatic rings. The standard InChI is InChI=1S/C5H5BrN4S/c6-5-9-4(3-11-5)1-2-8-10-7/h3H,1-2H2. The van der Waals surface area contributed by atoms with Gasteiger partial charge in [0.25, 0.3) is 0 Å². The Bertz CT molecular complexity index is 278. The summed E-state index contributed by atoms with van der Waals surface area (Å²) in [4.78, 5) is 6.78. The van der Waals surface area contributed by atoms with Crippen LogP contribution in [-0.4, -0.2) is 11.5 Å². The number of azide groups is 1. The molecule has 0 aliphatic carbocycles. The number of halogens is 1. The highest BCUT2D eigenvalue weighted by Gasteiger charge is 1.96. The van der Waals surface area contributed by atoms with E-state index in [9.17, 15) is 0 Å². The molecule has 0 aromatic carbocycles. The molecule has 58 valence electrons. The van der Waals surface area contributed by atoms with Crippen molar-refractivity contribution >= 4 is 27.3 Å². The van der Waals surface area contributed by atoms with Crippen LogP contribution in [0, 0.1) is 0 Å². The van der Waals surface area contributed by atoms with Crippen LogP contribution in [0.15, 0.2) is 14.4 Å². The molecule has 0 amide bonds. The highest BCUT2D eigenvalue weighted by Crippen LogP contribution is 2.15. The van der Waals surface area contributed by atoms with Crippen LogP contribution in [-0.2, 0) is 6.42 Å². The van der Waals surface area contributed by atoms with Gasteiger partial charge in [-0.05, 0) is 27.9 Å². The average Bonchev–Trinajstić information content (AvgIpc) is 2.37. The van der Waals surface area contributed by atoms with E-state index in [1.165, 1.54) is 11.3 Å². The number of rotatable bonds is 3. The molecule has 1 heterocycles. The predicted octanol–water partition coefficient (Wildman–Crippen LogP) is 2.76. The number of thiazole rings is 1. The first-order valence-electron chi connectivity index (χ1n) is 2.93. The second-order valence-corrected chi connectivity index (χ2v) is 3.93. The zero-order valence-corrected chi connectivity index (χ0v) is 7.97. The van der Waals surface area contributed by atoms with Gasteiger partial charge in [0, 0.05) is 16.8 Å². The van der Waals surface area contributed by atoms with Crippen LogP contribution in [0.4, 0.5) is 0 Å². The molecule has 1 rings (SSSR count). The molecule has 4 nitrogen and oxygen atoms in total. The van der Waals surface area contributed by atoms with Crippen LogP contribution in [0.2, 0.25) is 0 Å². The third-order valence-electron chi connectivity index (χ3n) is 1.05. The summed E-state index contributed by atoms with van der Waals surface area (Å²) < 4.78 is 0.869. The molecule has 0 unspecified atom stereocenters. The van der Waals surface area contributed by atoms with Gasteiger partial charge in [-0.3, -0.25) is 0 Å². The third kappa shape index (κ3) is 2.88. The van der Waals surface area contributed by atoms with E-state index in [2.05, 4.69) is 30.9 Å². The summed E-state index contributed by atoms with van der Waals surface area (Å²) in [5, 5.41) is 5.35. The Labute approximate surface area is 76.0 Å². The topological polar surface area (TPSA) is 61.7 Å². The molecule has 1 aromatic heterocycles. The van der Waals surface area contributed by atoms with Crippen molar-refractivity contribution in [2.75, 3.05) is 6.54 Å². The Hall–Kier alpha value is -0.580. The Balaban J connectivity index is 2.44. The molecule has 0 fully saturated rings. The van der Waals surface area contributed by atoms with E-state index in [-0.39, 0.29) is 0 Å². The van der Waals surface area contributed by atoms with Gasteiger partial charge in [-0.2, -0.15) is 0 Å². The van der Waals surface area contributed by atoms with Crippen LogP contribution < -0.4 is 0 Å². The largest absolute Gasteiger partial charge is 0.234 e. The molecule has 0 aliphatic rings. The molecule has 0 saturated carbocycles. The van der Waals surface area contributed by atoms with Gasteiger partial charge >= 0.3 is 0 Å². The second kappa shape index (κ2) is 4.33. The van der Waals surface area contributed by atoms with Crippen molar-refractivity contribution in [3.8, 4) is 0 Å².